The van der Waals surface area contributed by atoms with Gasteiger partial charge in [-0.2, -0.15) is 0 Å². The molecule has 1 amide bonds. The lowest BCUT2D eigenvalue weighted by Gasteiger charge is -2.32. The third-order valence-corrected chi connectivity index (χ3v) is 2.85. The summed E-state index contributed by atoms with van der Waals surface area (Å²) in [6.07, 6.45) is 0.808. The third-order valence-electron chi connectivity index (χ3n) is 2.85. The van der Waals surface area contributed by atoms with Gasteiger partial charge in [0.2, 0.25) is 5.91 Å². The van der Waals surface area contributed by atoms with E-state index in [1.54, 1.807) is 19.1 Å². The number of carbonyl (C=O) groups is 1. The number of nitrogens with zero attached hydrogens (tertiary/aromatic N) is 1. The van der Waals surface area contributed by atoms with Crippen LogP contribution >= 0.6 is 12.4 Å². The molecule has 0 saturated carbocycles. The molecule has 116 valence electrons. The van der Waals surface area contributed by atoms with E-state index in [4.69, 9.17) is 15.2 Å². The number of methoxy groups -OCH3 is 2. The zero-order chi connectivity index (χ0) is 14.2. The van der Waals surface area contributed by atoms with E-state index in [-0.39, 0.29) is 23.7 Å². The lowest BCUT2D eigenvalue weighted by Crippen LogP contribution is -2.51. The Morgan fingerprint density at radius 2 is 1.68 bits per heavy atom. The van der Waals surface area contributed by atoms with Gasteiger partial charge in [-0.05, 0) is 11.8 Å². The second-order valence-corrected chi connectivity index (χ2v) is 5.51. The highest BCUT2D eigenvalue weighted by Gasteiger charge is 2.30. The van der Waals surface area contributed by atoms with Crippen molar-refractivity contribution in [3.63, 3.8) is 0 Å². The third kappa shape index (κ3) is 8.42. The molecule has 5 nitrogen and oxygen atoms in total. The van der Waals surface area contributed by atoms with E-state index in [0.717, 1.165) is 6.42 Å². The predicted molar refractivity (Wildman–Crippen MR) is 79.6 cm³/mol. The molecule has 6 heteroatoms. The highest BCUT2D eigenvalue weighted by Crippen LogP contribution is 2.19. The van der Waals surface area contributed by atoms with Crippen LogP contribution < -0.4 is 5.73 Å². The summed E-state index contributed by atoms with van der Waals surface area (Å²) in [4.78, 5) is 14.1. The van der Waals surface area contributed by atoms with Gasteiger partial charge in [-0.15, -0.1) is 12.4 Å². The zero-order valence-corrected chi connectivity index (χ0v) is 13.6. The van der Waals surface area contributed by atoms with Gasteiger partial charge in [-0.3, -0.25) is 4.79 Å². The molecule has 1 atom stereocenters. The van der Waals surface area contributed by atoms with E-state index < -0.39 is 6.04 Å². The zero-order valence-electron chi connectivity index (χ0n) is 12.8. The van der Waals surface area contributed by atoms with Gasteiger partial charge in [-0.25, -0.2) is 0 Å². The molecule has 0 rings (SSSR count). The summed E-state index contributed by atoms with van der Waals surface area (Å²) in [6.45, 7) is 8.30. The molecule has 0 bridgehead atoms. The van der Waals surface area contributed by atoms with E-state index in [0.29, 0.717) is 26.3 Å². The first-order valence-electron chi connectivity index (χ1n) is 6.36. The molecule has 0 aliphatic heterocycles. The molecule has 0 saturated heterocycles. The average molecular weight is 297 g/mol. The SMILES string of the molecule is COCCCN(CCOC)C(=O)[C@@H](N)C(C)(C)C.Cl. The summed E-state index contributed by atoms with van der Waals surface area (Å²) >= 11 is 0. The van der Waals surface area contributed by atoms with Crippen molar-refractivity contribution in [3.05, 3.63) is 0 Å². The first-order chi connectivity index (χ1) is 8.34. The maximum absolute atomic E-state index is 12.3. The van der Waals surface area contributed by atoms with Crippen LogP contribution in [0.4, 0.5) is 0 Å². The monoisotopic (exact) mass is 296 g/mol. The second-order valence-electron chi connectivity index (χ2n) is 5.51. The first-order valence-corrected chi connectivity index (χ1v) is 6.36. The van der Waals surface area contributed by atoms with E-state index in [1.165, 1.54) is 0 Å². The highest BCUT2D eigenvalue weighted by atomic mass is 35.5. The molecule has 0 radical (unpaired) electrons. The number of nitrogens with two attached hydrogens (primary N) is 1. The van der Waals surface area contributed by atoms with Crippen molar-refractivity contribution in [3.8, 4) is 0 Å². The van der Waals surface area contributed by atoms with E-state index in [9.17, 15) is 4.79 Å². The fourth-order valence-corrected chi connectivity index (χ4v) is 1.50. The van der Waals surface area contributed by atoms with Crippen LogP contribution in [0.1, 0.15) is 27.2 Å². The van der Waals surface area contributed by atoms with Crippen LogP contribution in [0.15, 0.2) is 0 Å². The molecular weight excluding hydrogens is 268 g/mol. The van der Waals surface area contributed by atoms with Crippen molar-refractivity contribution >= 4 is 18.3 Å². The maximum Gasteiger partial charge on any atom is 0.240 e. The fourth-order valence-electron chi connectivity index (χ4n) is 1.50. The van der Waals surface area contributed by atoms with Crippen LogP contribution in [0.25, 0.3) is 0 Å². The lowest BCUT2D eigenvalue weighted by molar-refractivity contribution is -0.135. The lowest BCUT2D eigenvalue weighted by atomic mass is 9.86. The number of ether oxygens (including phenoxy) is 2. The number of rotatable bonds is 8. The maximum atomic E-state index is 12.3. The second kappa shape index (κ2) is 10.4. The standard InChI is InChI=1S/C13H28N2O3.ClH/c1-13(2,3)11(14)12(16)15(8-10-18-5)7-6-9-17-4;/h11H,6-10,14H2,1-5H3;1H/t11-;/m1./s1. The molecule has 0 heterocycles. The Kier molecular flexibility index (Phi) is 11.5. The average Bonchev–Trinajstić information content (AvgIpc) is 2.30. The predicted octanol–water partition coefficient (Wildman–Crippen LogP) is 1.29. The Hall–Kier alpha value is -0.360. The number of amides is 1. The molecule has 0 aromatic heterocycles. The van der Waals surface area contributed by atoms with E-state index in [2.05, 4.69) is 0 Å². The number of hydrogen-bond acceptors (Lipinski definition) is 4. The Morgan fingerprint density at radius 3 is 2.11 bits per heavy atom. The van der Waals surface area contributed by atoms with Crippen molar-refractivity contribution in [1.29, 1.82) is 0 Å². The van der Waals surface area contributed by atoms with Gasteiger partial charge in [0.15, 0.2) is 0 Å². The first kappa shape index (κ1) is 20.9. The summed E-state index contributed by atoms with van der Waals surface area (Å²) in [6, 6.07) is -0.489. The number of carbonyl (C=O) groups excluding carboxylic acids is 1. The molecule has 0 aliphatic rings. The molecule has 0 aromatic rings. The smallest absolute Gasteiger partial charge is 0.240 e. The van der Waals surface area contributed by atoms with Crippen molar-refractivity contribution in [2.24, 2.45) is 11.1 Å². The van der Waals surface area contributed by atoms with Crippen LogP contribution in [0.3, 0.4) is 0 Å². The van der Waals surface area contributed by atoms with Gasteiger partial charge < -0.3 is 20.1 Å². The molecular formula is C13H29ClN2O3. The summed E-state index contributed by atoms with van der Waals surface area (Å²) in [5.41, 5.74) is 5.78. The van der Waals surface area contributed by atoms with Gasteiger partial charge in [-0.1, -0.05) is 20.8 Å². The minimum atomic E-state index is -0.489. The van der Waals surface area contributed by atoms with Gasteiger partial charge in [0, 0.05) is 33.9 Å². The summed E-state index contributed by atoms with van der Waals surface area (Å²) in [5, 5.41) is 0. The quantitative estimate of drug-likeness (QED) is 0.686. The Labute approximate surface area is 123 Å². The summed E-state index contributed by atoms with van der Waals surface area (Å²) < 4.78 is 10.0. The molecule has 2 N–H and O–H groups in total. The van der Waals surface area contributed by atoms with Crippen LogP contribution in [0.2, 0.25) is 0 Å². The fraction of sp³-hybridized carbons (Fsp3) is 0.923. The van der Waals surface area contributed by atoms with Crippen LogP contribution in [0, 0.1) is 5.41 Å². The highest BCUT2D eigenvalue weighted by molar-refractivity contribution is 5.85. The van der Waals surface area contributed by atoms with Crippen molar-refractivity contribution in [2.45, 2.75) is 33.2 Å². The van der Waals surface area contributed by atoms with Gasteiger partial charge >= 0.3 is 0 Å². The Balaban J connectivity index is 0. The Bertz CT molecular complexity index is 245. The summed E-state index contributed by atoms with van der Waals surface area (Å²) in [5.74, 6) is -0.0179. The molecule has 0 spiro atoms. The van der Waals surface area contributed by atoms with E-state index in [1.807, 2.05) is 20.8 Å². The molecule has 0 aromatic carbocycles. The molecule has 0 fully saturated rings. The molecule has 0 aliphatic carbocycles. The minimum absolute atomic E-state index is 0. The van der Waals surface area contributed by atoms with Crippen molar-refractivity contribution < 1.29 is 14.3 Å². The number of hydrogen-bond donors (Lipinski definition) is 1. The Morgan fingerprint density at radius 1 is 1.16 bits per heavy atom. The van der Waals surface area contributed by atoms with Crippen LogP contribution in [-0.2, 0) is 14.3 Å². The largest absolute Gasteiger partial charge is 0.385 e. The molecule has 19 heavy (non-hydrogen) atoms. The normalized spacial score (nSPS) is 12.7. The van der Waals surface area contributed by atoms with Gasteiger partial charge in [0.05, 0.1) is 12.6 Å². The van der Waals surface area contributed by atoms with Crippen LogP contribution in [0.5, 0.6) is 0 Å². The minimum Gasteiger partial charge on any atom is -0.385 e. The van der Waals surface area contributed by atoms with Crippen molar-refractivity contribution in [1.82, 2.24) is 4.90 Å². The van der Waals surface area contributed by atoms with Crippen LogP contribution in [-0.4, -0.2) is 57.4 Å². The molecule has 0 unspecified atom stereocenters. The summed E-state index contributed by atoms with van der Waals surface area (Å²) in [7, 11) is 3.28. The van der Waals surface area contributed by atoms with E-state index >= 15 is 0 Å². The van der Waals surface area contributed by atoms with Gasteiger partial charge in [0.1, 0.15) is 0 Å². The van der Waals surface area contributed by atoms with Gasteiger partial charge in [0.25, 0.3) is 0 Å². The topological polar surface area (TPSA) is 64.8 Å². The van der Waals surface area contributed by atoms with Crippen molar-refractivity contribution in [2.75, 3.05) is 40.5 Å². The number of halogens is 1.